The molecule has 0 saturated heterocycles. The van der Waals surface area contributed by atoms with Crippen molar-refractivity contribution < 1.29 is 17.6 Å². The van der Waals surface area contributed by atoms with Crippen LogP contribution in [0.2, 0.25) is 5.02 Å². The third kappa shape index (κ3) is 4.33. The van der Waals surface area contributed by atoms with Gasteiger partial charge in [-0.3, -0.25) is 4.79 Å². The summed E-state index contributed by atoms with van der Waals surface area (Å²) in [4.78, 5) is 12.5. The lowest BCUT2D eigenvalue weighted by molar-refractivity contribution is 0.0931. The molecule has 0 radical (unpaired) electrons. The fourth-order valence-corrected chi connectivity index (χ4v) is 3.07. The van der Waals surface area contributed by atoms with Crippen molar-refractivity contribution in [1.82, 2.24) is 5.32 Å². The van der Waals surface area contributed by atoms with E-state index in [1.54, 1.807) is 12.1 Å². The van der Waals surface area contributed by atoms with Gasteiger partial charge in [0.1, 0.15) is 5.82 Å². The van der Waals surface area contributed by atoms with Crippen LogP contribution in [-0.2, 0) is 9.84 Å². The average Bonchev–Trinajstić information content (AvgIpc) is 2.51. The van der Waals surface area contributed by atoms with Crippen LogP contribution in [0.4, 0.5) is 4.39 Å². The molecule has 0 aliphatic heterocycles. The Morgan fingerprint density at radius 1 is 1.21 bits per heavy atom. The molecule has 0 aliphatic carbocycles. The zero-order valence-corrected chi connectivity index (χ0v) is 14.8. The maximum Gasteiger partial charge on any atom is 0.254 e. The number of hydrogen-bond acceptors (Lipinski definition) is 3. The second-order valence-corrected chi connectivity index (χ2v) is 7.85. The SMILES string of the molecule is CC[C@H](NC(=O)c1ccc(Cl)cc1F)c1ccc(S(C)(=O)=O)cc1. The van der Waals surface area contributed by atoms with Crippen molar-refractivity contribution in [2.45, 2.75) is 24.3 Å². The summed E-state index contributed by atoms with van der Waals surface area (Å²) in [7, 11) is -3.28. The van der Waals surface area contributed by atoms with E-state index in [2.05, 4.69) is 5.32 Å². The van der Waals surface area contributed by atoms with Crippen molar-refractivity contribution in [2.24, 2.45) is 0 Å². The zero-order chi connectivity index (χ0) is 17.9. The summed E-state index contributed by atoms with van der Waals surface area (Å²) in [6.45, 7) is 1.87. The van der Waals surface area contributed by atoms with Gasteiger partial charge in [-0.2, -0.15) is 0 Å². The van der Waals surface area contributed by atoms with Gasteiger partial charge in [-0.25, -0.2) is 12.8 Å². The Balaban J connectivity index is 2.21. The van der Waals surface area contributed by atoms with Gasteiger partial charge in [0.15, 0.2) is 9.84 Å². The van der Waals surface area contributed by atoms with Gasteiger partial charge in [0, 0.05) is 11.3 Å². The number of carbonyl (C=O) groups excluding carboxylic acids is 1. The largest absolute Gasteiger partial charge is 0.345 e. The smallest absolute Gasteiger partial charge is 0.254 e. The van der Waals surface area contributed by atoms with Gasteiger partial charge in [-0.05, 0) is 42.3 Å². The molecule has 0 fully saturated rings. The van der Waals surface area contributed by atoms with Gasteiger partial charge >= 0.3 is 0 Å². The first-order valence-electron chi connectivity index (χ1n) is 7.28. The second kappa shape index (κ2) is 7.32. The Kier molecular flexibility index (Phi) is 5.62. The van der Waals surface area contributed by atoms with Crippen molar-refractivity contribution in [1.29, 1.82) is 0 Å². The number of halogens is 2. The molecule has 4 nitrogen and oxygen atoms in total. The van der Waals surface area contributed by atoms with E-state index in [1.165, 1.54) is 24.3 Å². The molecular formula is C17H17ClFNO3S. The van der Waals surface area contributed by atoms with Crippen molar-refractivity contribution in [2.75, 3.05) is 6.26 Å². The van der Waals surface area contributed by atoms with Crippen molar-refractivity contribution in [3.05, 3.63) is 64.4 Å². The number of amides is 1. The monoisotopic (exact) mass is 369 g/mol. The van der Waals surface area contributed by atoms with Crippen LogP contribution in [-0.4, -0.2) is 20.6 Å². The van der Waals surface area contributed by atoms with E-state index < -0.39 is 21.6 Å². The molecular weight excluding hydrogens is 353 g/mol. The van der Waals surface area contributed by atoms with E-state index >= 15 is 0 Å². The first-order valence-corrected chi connectivity index (χ1v) is 9.55. The van der Waals surface area contributed by atoms with Crippen LogP contribution in [0.1, 0.15) is 35.3 Å². The van der Waals surface area contributed by atoms with Crippen LogP contribution in [0.15, 0.2) is 47.4 Å². The lowest BCUT2D eigenvalue weighted by Crippen LogP contribution is -2.28. The van der Waals surface area contributed by atoms with Gasteiger partial charge in [-0.15, -0.1) is 0 Å². The van der Waals surface area contributed by atoms with Crippen molar-refractivity contribution in [3.63, 3.8) is 0 Å². The molecule has 1 amide bonds. The van der Waals surface area contributed by atoms with Gasteiger partial charge in [0.05, 0.1) is 16.5 Å². The number of benzene rings is 2. The molecule has 0 unspecified atom stereocenters. The quantitative estimate of drug-likeness (QED) is 0.872. The summed E-state index contributed by atoms with van der Waals surface area (Å²) in [6, 6.07) is 9.75. The topological polar surface area (TPSA) is 63.2 Å². The summed E-state index contributed by atoms with van der Waals surface area (Å²) in [6.07, 6.45) is 1.70. The van der Waals surface area contributed by atoms with Gasteiger partial charge in [-0.1, -0.05) is 30.7 Å². The van der Waals surface area contributed by atoms with Gasteiger partial charge in [0.2, 0.25) is 0 Å². The Morgan fingerprint density at radius 3 is 2.33 bits per heavy atom. The van der Waals surface area contributed by atoms with Crippen molar-refractivity contribution >= 4 is 27.3 Å². The Morgan fingerprint density at radius 2 is 1.83 bits per heavy atom. The molecule has 7 heteroatoms. The standard InChI is InChI=1S/C17H17ClFNO3S/c1-3-16(11-4-7-13(8-5-11)24(2,22)23)20-17(21)14-9-6-12(18)10-15(14)19/h4-10,16H,3H2,1-2H3,(H,20,21)/t16-/m0/s1. The Bertz CT molecular complexity index is 851. The highest BCUT2D eigenvalue weighted by molar-refractivity contribution is 7.90. The minimum atomic E-state index is -3.28. The molecule has 128 valence electrons. The first kappa shape index (κ1) is 18.4. The highest BCUT2D eigenvalue weighted by atomic mass is 35.5. The summed E-state index contributed by atoms with van der Waals surface area (Å²) in [5, 5.41) is 2.96. The Hall–Kier alpha value is -1.92. The van der Waals surface area contributed by atoms with E-state index in [-0.39, 0.29) is 21.5 Å². The molecule has 1 atom stereocenters. The number of rotatable bonds is 5. The highest BCUT2D eigenvalue weighted by Gasteiger charge is 2.18. The lowest BCUT2D eigenvalue weighted by atomic mass is 10.0. The maximum absolute atomic E-state index is 13.8. The fourth-order valence-electron chi connectivity index (χ4n) is 2.28. The number of carbonyl (C=O) groups is 1. The van der Waals surface area contributed by atoms with Crippen LogP contribution < -0.4 is 5.32 Å². The van der Waals surface area contributed by atoms with Crippen LogP contribution in [0, 0.1) is 5.82 Å². The summed E-state index contributed by atoms with van der Waals surface area (Å²) >= 11 is 5.68. The third-order valence-electron chi connectivity index (χ3n) is 3.60. The molecule has 2 rings (SSSR count). The molecule has 24 heavy (non-hydrogen) atoms. The minimum Gasteiger partial charge on any atom is -0.345 e. The number of hydrogen-bond donors (Lipinski definition) is 1. The molecule has 0 aliphatic rings. The molecule has 0 spiro atoms. The average molecular weight is 370 g/mol. The normalized spacial score (nSPS) is 12.7. The number of sulfone groups is 1. The zero-order valence-electron chi connectivity index (χ0n) is 13.2. The fraction of sp³-hybridized carbons (Fsp3) is 0.235. The molecule has 0 aromatic heterocycles. The Labute approximate surface area is 145 Å². The van der Waals surface area contributed by atoms with E-state index in [1.807, 2.05) is 6.92 Å². The first-order chi connectivity index (χ1) is 11.2. The molecule has 2 aromatic carbocycles. The summed E-state index contributed by atoms with van der Waals surface area (Å²) < 4.78 is 36.8. The third-order valence-corrected chi connectivity index (χ3v) is 4.96. The van der Waals surface area contributed by atoms with E-state index in [0.29, 0.717) is 6.42 Å². The van der Waals surface area contributed by atoms with Crippen LogP contribution in [0.3, 0.4) is 0 Å². The van der Waals surface area contributed by atoms with Crippen LogP contribution >= 0.6 is 11.6 Å². The molecule has 0 heterocycles. The molecule has 0 saturated carbocycles. The lowest BCUT2D eigenvalue weighted by Gasteiger charge is -2.18. The van der Waals surface area contributed by atoms with E-state index in [0.717, 1.165) is 17.9 Å². The van der Waals surface area contributed by atoms with Gasteiger partial charge < -0.3 is 5.32 Å². The van der Waals surface area contributed by atoms with Gasteiger partial charge in [0.25, 0.3) is 5.91 Å². The van der Waals surface area contributed by atoms with Crippen molar-refractivity contribution in [3.8, 4) is 0 Å². The predicted molar refractivity (Wildman–Crippen MR) is 91.5 cm³/mol. The predicted octanol–water partition coefficient (Wildman–Crippen LogP) is 3.76. The molecule has 2 aromatic rings. The van der Waals surface area contributed by atoms with Crippen LogP contribution in [0.25, 0.3) is 0 Å². The summed E-state index contributed by atoms with van der Waals surface area (Å²) in [5.41, 5.74) is 0.651. The molecule has 0 bridgehead atoms. The molecule has 1 N–H and O–H groups in total. The maximum atomic E-state index is 13.8. The van der Waals surface area contributed by atoms with Crippen LogP contribution in [0.5, 0.6) is 0 Å². The van der Waals surface area contributed by atoms with E-state index in [9.17, 15) is 17.6 Å². The highest BCUT2D eigenvalue weighted by Crippen LogP contribution is 2.21. The second-order valence-electron chi connectivity index (χ2n) is 5.40. The number of nitrogens with one attached hydrogen (secondary N) is 1. The van der Waals surface area contributed by atoms with E-state index in [4.69, 9.17) is 11.6 Å². The minimum absolute atomic E-state index is 0.0920. The summed E-state index contributed by atoms with van der Waals surface area (Å²) in [5.74, 6) is -1.24.